The van der Waals surface area contributed by atoms with Crippen LogP contribution in [0.1, 0.15) is 37.7 Å². The third-order valence-electron chi connectivity index (χ3n) is 4.06. The molecule has 1 amide bonds. The van der Waals surface area contributed by atoms with Gasteiger partial charge in [0.05, 0.1) is 11.7 Å². The summed E-state index contributed by atoms with van der Waals surface area (Å²) < 4.78 is 0. The van der Waals surface area contributed by atoms with E-state index in [1.807, 2.05) is 30.3 Å². The lowest BCUT2D eigenvalue weighted by molar-refractivity contribution is -0.125. The smallest absolute Gasteiger partial charge is 0.243 e. The summed E-state index contributed by atoms with van der Waals surface area (Å²) in [5.41, 5.74) is 4.16. The van der Waals surface area contributed by atoms with Crippen LogP contribution in [-0.4, -0.2) is 17.1 Å². The Hall–Kier alpha value is -1.94. The van der Waals surface area contributed by atoms with E-state index in [0.29, 0.717) is 10.7 Å². The molecule has 2 aromatic rings. The van der Waals surface area contributed by atoms with E-state index in [0.717, 1.165) is 36.6 Å². The minimum absolute atomic E-state index is 0.000760. The largest absolute Gasteiger partial charge is 0.273 e. The third-order valence-corrected chi connectivity index (χ3v) is 4.36. The zero-order chi connectivity index (χ0) is 15.4. The maximum Gasteiger partial charge on any atom is 0.243 e. The summed E-state index contributed by atoms with van der Waals surface area (Å²) in [6.45, 7) is 0. The molecule has 0 aliphatic heterocycles. The molecule has 1 saturated carbocycles. The van der Waals surface area contributed by atoms with E-state index in [1.165, 1.54) is 6.42 Å². The third kappa shape index (κ3) is 3.45. The van der Waals surface area contributed by atoms with Gasteiger partial charge in [-0.25, -0.2) is 10.4 Å². The molecule has 1 aliphatic carbocycles. The van der Waals surface area contributed by atoms with Crippen LogP contribution in [0.4, 0.5) is 0 Å². The van der Waals surface area contributed by atoms with Crippen LogP contribution in [0.15, 0.2) is 35.4 Å². The lowest BCUT2D eigenvalue weighted by Gasteiger charge is -2.19. The number of halogens is 1. The molecule has 1 aromatic carbocycles. The fourth-order valence-corrected chi connectivity index (χ4v) is 3.02. The summed E-state index contributed by atoms with van der Waals surface area (Å²) in [5, 5.41) is 5.41. The van der Waals surface area contributed by atoms with Crippen molar-refractivity contribution in [3.63, 3.8) is 0 Å². The predicted molar refractivity (Wildman–Crippen MR) is 89.1 cm³/mol. The average Bonchev–Trinajstić information content (AvgIpc) is 2.56. The van der Waals surface area contributed by atoms with Gasteiger partial charge in [0, 0.05) is 16.9 Å². The summed E-state index contributed by atoms with van der Waals surface area (Å²) in [6, 6.07) is 9.66. The molecule has 4 nitrogen and oxygen atoms in total. The normalized spacial score (nSPS) is 16.2. The van der Waals surface area contributed by atoms with Gasteiger partial charge >= 0.3 is 0 Å². The Labute approximate surface area is 134 Å². The molecule has 22 heavy (non-hydrogen) atoms. The van der Waals surface area contributed by atoms with Crippen molar-refractivity contribution in [1.29, 1.82) is 0 Å². The number of carbonyl (C=O) groups is 1. The van der Waals surface area contributed by atoms with Gasteiger partial charge in [0.2, 0.25) is 5.91 Å². The Bertz CT molecular complexity index is 708. The number of nitrogens with zero attached hydrogens (tertiary/aromatic N) is 2. The van der Waals surface area contributed by atoms with Crippen molar-refractivity contribution in [2.75, 3.05) is 0 Å². The number of pyridine rings is 1. The van der Waals surface area contributed by atoms with E-state index in [9.17, 15) is 4.79 Å². The molecule has 3 rings (SSSR count). The number of fused-ring (bicyclic) bond motifs is 1. The molecular weight excluding hydrogens is 298 g/mol. The molecule has 0 spiro atoms. The Kier molecular flexibility index (Phi) is 4.68. The summed E-state index contributed by atoms with van der Waals surface area (Å²) in [7, 11) is 0. The molecule has 114 valence electrons. The molecule has 0 unspecified atom stereocenters. The van der Waals surface area contributed by atoms with Crippen LogP contribution in [0.25, 0.3) is 10.9 Å². The number of hydrogen-bond donors (Lipinski definition) is 1. The second kappa shape index (κ2) is 6.88. The van der Waals surface area contributed by atoms with Crippen LogP contribution in [0.5, 0.6) is 0 Å². The van der Waals surface area contributed by atoms with Gasteiger partial charge in [-0.1, -0.05) is 49.1 Å². The zero-order valence-corrected chi connectivity index (χ0v) is 13.0. The predicted octanol–water partition coefficient (Wildman–Crippen LogP) is 3.92. The second-order valence-corrected chi connectivity index (χ2v) is 5.99. The van der Waals surface area contributed by atoms with E-state index >= 15 is 0 Å². The summed E-state index contributed by atoms with van der Waals surface area (Å²) in [6.07, 6.45) is 6.96. The minimum atomic E-state index is 0.000760. The van der Waals surface area contributed by atoms with Crippen molar-refractivity contribution in [2.45, 2.75) is 32.1 Å². The van der Waals surface area contributed by atoms with E-state index in [-0.39, 0.29) is 11.8 Å². The number of rotatable bonds is 3. The summed E-state index contributed by atoms with van der Waals surface area (Å²) >= 11 is 6.15. The lowest BCUT2D eigenvalue weighted by Crippen LogP contribution is -2.28. The topological polar surface area (TPSA) is 54.4 Å². The van der Waals surface area contributed by atoms with Gasteiger partial charge in [0.1, 0.15) is 5.15 Å². The fourth-order valence-electron chi connectivity index (χ4n) is 2.82. The van der Waals surface area contributed by atoms with E-state index in [2.05, 4.69) is 15.5 Å². The van der Waals surface area contributed by atoms with Crippen molar-refractivity contribution in [3.05, 3.63) is 41.0 Å². The highest BCUT2D eigenvalue weighted by Gasteiger charge is 2.20. The van der Waals surface area contributed by atoms with Crippen molar-refractivity contribution < 1.29 is 4.79 Å². The van der Waals surface area contributed by atoms with Crippen molar-refractivity contribution in [2.24, 2.45) is 11.0 Å². The number of benzene rings is 1. The van der Waals surface area contributed by atoms with Gasteiger partial charge < -0.3 is 0 Å². The summed E-state index contributed by atoms with van der Waals surface area (Å²) in [4.78, 5) is 16.3. The molecule has 0 bridgehead atoms. The number of amides is 1. The van der Waals surface area contributed by atoms with E-state index in [4.69, 9.17) is 11.6 Å². The van der Waals surface area contributed by atoms with Crippen LogP contribution < -0.4 is 5.43 Å². The van der Waals surface area contributed by atoms with Gasteiger partial charge in [-0.15, -0.1) is 0 Å². The number of aromatic nitrogens is 1. The first-order valence-electron chi connectivity index (χ1n) is 7.62. The van der Waals surface area contributed by atoms with Crippen molar-refractivity contribution in [3.8, 4) is 0 Å². The number of nitrogens with one attached hydrogen (secondary N) is 1. The Morgan fingerprint density at radius 2 is 2.05 bits per heavy atom. The molecule has 5 heteroatoms. The Balaban J connectivity index is 1.69. The molecule has 0 radical (unpaired) electrons. The number of hydrazone groups is 1. The van der Waals surface area contributed by atoms with Crippen LogP contribution >= 0.6 is 11.6 Å². The van der Waals surface area contributed by atoms with Crippen LogP contribution in [0.2, 0.25) is 5.15 Å². The summed E-state index contributed by atoms with van der Waals surface area (Å²) in [5.74, 6) is 0.0944. The van der Waals surface area contributed by atoms with Gasteiger partial charge in [0.15, 0.2) is 0 Å². The molecule has 0 saturated heterocycles. The average molecular weight is 316 g/mol. The molecule has 0 atom stereocenters. The number of carbonyl (C=O) groups excluding carboxylic acids is 1. The van der Waals surface area contributed by atoms with Crippen molar-refractivity contribution >= 4 is 34.6 Å². The zero-order valence-electron chi connectivity index (χ0n) is 12.3. The maximum atomic E-state index is 12.0. The Morgan fingerprint density at radius 3 is 2.86 bits per heavy atom. The standard InChI is InChI=1S/C17H18ClN3O/c18-16-14(10-13-8-4-5-9-15(13)20-16)11-19-21-17(22)12-6-2-1-3-7-12/h4-5,8-12H,1-3,6-7H2,(H,21,22)/b19-11+. The molecular formula is C17H18ClN3O. The Morgan fingerprint density at radius 1 is 1.27 bits per heavy atom. The highest BCUT2D eigenvalue weighted by Crippen LogP contribution is 2.23. The monoisotopic (exact) mass is 315 g/mol. The highest BCUT2D eigenvalue weighted by molar-refractivity contribution is 6.32. The van der Waals surface area contributed by atoms with Crippen LogP contribution in [0, 0.1) is 5.92 Å². The van der Waals surface area contributed by atoms with Crippen LogP contribution in [-0.2, 0) is 4.79 Å². The first-order chi connectivity index (χ1) is 10.7. The number of hydrogen-bond acceptors (Lipinski definition) is 3. The van der Waals surface area contributed by atoms with E-state index in [1.54, 1.807) is 6.21 Å². The first-order valence-corrected chi connectivity index (χ1v) is 8.00. The maximum absolute atomic E-state index is 12.0. The highest BCUT2D eigenvalue weighted by atomic mass is 35.5. The molecule has 1 heterocycles. The fraction of sp³-hybridized carbons (Fsp3) is 0.353. The quantitative estimate of drug-likeness (QED) is 0.530. The second-order valence-electron chi connectivity index (χ2n) is 5.63. The van der Waals surface area contributed by atoms with Crippen molar-refractivity contribution in [1.82, 2.24) is 10.4 Å². The first kappa shape index (κ1) is 15.0. The molecule has 1 fully saturated rings. The molecule has 1 N–H and O–H groups in total. The van der Waals surface area contributed by atoms with E-state index < -0.39 is 0 Å². The van der Waals surface area contributed by atoms with Gasteiger partial charge in [0.25, 0.3) is 0 Å². The van der Waals surface area contributed by atoms with Gasteiger partial charge in [-0.2, -0.15) is 5.10 Å². The minimum Gasteiger partial charge on any atom is -0.273 e. The van der Waals surface area contributed by atoms with Gasteiger partial charge in [-0.3, -0.25) is 4.79 Å². The SMILES string of the molecule is O=C(N/N=C/c1cc2ccccc2nc1Cl)C1CCCCC1. The van der Waals surface area contributed by atoms with Crippen LogP contribution in [0.3, 0.4) is 0 Å². The molecule has 1 aliphatic rings. The van der Waals surface area contributed by atoms with Gasteiger partial charge in [-0.05, 0) is 25.0 Å². The number of para-hydroxylation sites is 1. The lowest BCUT2D eigenvalue weighted by atomic mass is 9.89. The molecule has 1 aromatic heterocycles.